The van der Waals surface area contributed by atoms with Gasteiger partial charge in [0.05, 0.1) is 5.69 Å². The number of hydrogen-bond acceptors (Lipinski definition) is 4. The second kappa shape index (κ2) is 4.97. The highest BCUT2D eigenvalue weighted by molar-refractivity contribution is 9.10. The summed E-state index contributed by atoms with van der Waals surface area (Å²) in [5.41, 5.74) is 1.08. The predicted molar refractivity (Wildman–Crippen MR) is 74.7 cm³/mol. The van der Waals surface area contributed by atoms with E-state index in [1.165, 1.54) is 6.42 Å². The second-order valence-corrected chi connectivity index (χ2v) is 5.72. The number of hydrogen-bond donors (Lipinski definition) is 1. The third-order valence-electron chi connectivity index (χ3n) is 3.38. The average molecular weight is 313 g/mol. The van der Waals surface area contributed by atoms with Gasteiger partial charge in [-0.15, -0.1) is 0 Å². The first kappa shape index (κ1) is 12.1. The van der Waals surface area contributed by atoms with Gasteiger partial charge in [-0.25, -0.2) is 0 Å². The Balaban J connectivity index is 1.79. The number of likely N-dealkylation sites (N-methyl/N-ethyl adjacent to an activating group) is 1. The average Bonchev–Trinajstić information content (AvgIpc) is 2.76. The van der Waals surface area contributed by atoms with Crippen molar-refractivity contribution in [1.29, 1.82) is 0 Å². The van der Waals surface area contributed by atoms with Crippen LogP contribution in [-0.4, -0.2) is 44.3 Å². The molecule has 4 nitrogen and oxygen atoms in total. The molecule has 1 atom stereocenters. The Morgan fingerprint density at radius 3 is 2.67 bits per heavy atom. The Morgan fingerprint density at radius 1 is 1.28 bits per heavy atom. The van der Waals surface area contributed by atoms with E-state index in [0.29, 0.717) is 19.3 Å². The third kappa shape index (κ3) is 2.42. The summed E-state index contributed by atoms with van der Waals surface area (Å²) in [5.74, 6) is 1.65. The lowest BCUT2D eigenvalue weighted by atomic mass is 10.2. The molecule has 2 aliphatic heterocycles. The first-order valence-electron chi connectivity index (χ1n) is 6.26. The molecular weight excluding hydrogens is 296 g/mol. The van der Waals surface area contributed by atoms with Crippen LogP contribution in [0.15, 0.2) is 16.6 Å². The molecule has 0 radical (unpaired) electrons. The molecule has 0 spiro atoms. The van der Waals surface area contributed by atoms with Crippen molar-refractivity contribution in [3.05, 3.63) is 16.6 Å². The van der Waals surface area contributed by atoms with E-state index in [0.717, 1.165) is 34.7 Å². The first-order valence-corrected chi connectivity index (χ1v) is 7.06. The van der Waals surface area contributed by atoms with Crippen molar-refractivity contribution in [3.63, 3.8) is 0 Å². The summed E-state index contributed by atoms with van der Waals surface area (Å²) >= 11 is 3.59. The smallest absolute Gasteiger partial charge is 0.163 e. The molecule has 0 amide bonds. The normalized spacial score (nSPS) is 23.1. The van der Waals surface area contributed by atoms with Crippen LogP contribution in [0.2, 0.25) is 0 Å². The van der Waals surface area contributed by atoms with Crippen LogP contribution in [0.4, 0.5) is 5.69 Å². The molecule has 98 valence electrons. The van der Waals surface area contributed by atoms with Crippen LogP contribution in [0, 0.1) is 0 Å². The van der Waals surface area contributed by atoms with Crippen molar-refractivity contribution in [2.45, 2.75) is 12.5 Å². The summed E-state index contributed by atoms with van der Waals surface area (Å²) in [6.45, 7) is 3.49. The Hall–Kier alpha value is -0.940. The molecule has 18 heavy (non-hydrogen) atoms. The van der Waals surface area contributed by atoms with Crippen LogP contribution in [0.3, 0.4) is 0 Å². The van der Waals surface area contributed by atoms with Gasteiger partial charge >= 0.3 is 0 Å². The SMILES string of the molecule is CN1CCC(Nc2cc3c(cc2Br)OCCO3)C1. The van der Waals surface area contributed by atoms with Crippen LogP contribution in [0.1, 0.15) is 6.42 Å². The number of ether oxygens (including phenoxy) is 2. The summed E-state index contributed by atoms with van der Waals surface area (Å²) in [4.78, 5) is 2.34. The van der Waals surface area contributed by atoms with Gasteiger partial charge in [-0.2, -0.15) is 0 Å². The fourth-order valence-electron chi connectivity index (χ4n) is 2.45. The molecular formula is C13H17BrN2O2. The van der Waals surface area contributed by atoms with Gasteiger partial charge in [-0.1, -0.05) is 0 Å². The van der Waals surface area contributed by atoms with Crippen molar-refractivity contribution in [2.75, 3.05) is 38.7 Å². The number of rotatable bonds is 2. The number of nitrogens with one attached hydrogen (secondary N) is 1. The maximum Gasteiger partial charge on any atom is 0.163 e. The summed E-state index contributed by atoms with van der Waals surface area (Å²) in [6.07, 6.45) is 1.18. The fraction of sp³-hybridized carbons (Fsp3) is 0.538. The lowest BCUT2D eigenvalue weighted by Gasteiger charge is -2.22. The van der Waals surface area contributed by atoms with Crippen LogP contribution < -0.4 is 14.8 Å². The Kier molecular flexibility index (Phi) is 3.35. The molecule has 2 heterocycles. The van der Waals surface area contributed by atoms with Crippen LogP contribution in [0.25, 0.3) is 0 Å². The lowest BCUT2D eigenvalue weighted by Crippen LogP contribution is -2.24. The minimum Gasteiger partial charge on any atom is -0.486 e. The van der Waals surface area contributed by atoms with E-state index < -0.39 is 0 Å². The Bertz CT molecular complexity index is 453. The summed E-state index contributed by atoms with van der Waals surface area (Å²) < 4.78 is 12.2. The maximum absolute atomic E-state index is 5.61. The standard InChI is InChI=1S/C13H17BrN2O2/c1-16-3-2-9(8-16)15-11-7-13-12(6-10(11)14)17-4-5-18-13/h6-7,9,15H,2-5,8H2,1H3. The van der Waals surface area contributed by atoms with Gasteiger partial charge in [0.2, 0.25) is 0 Å². The van der Waals surface area contributed by atoms with Crippen LogP contribution in [-0.2, 0) is 0 Å². The van der Waals surface area contributed by atoms with Crippen molar-refractivity contribution in [2.24, 2.45) is 0 Å². The van der Waals surface area contributed by atoms with Gasteiger partial charge in [0, 0.05) is 29.2 Å². The molecule has 0 aromatic heterocycles. The van der Waals surface area contributed by atoms with Crippen LogP contribution in [0.5, 0.6) is 11.5 Å². The Morgan fingerprint density at radius 2 is 2.00 bits per heavy atom. The van der Waals surface area contributed by atoms with Gasteiger partial charge in [-0.05, 0) is 35.9 Å². The number of nitrogens with zero attached hydrogens (tertiary/aromatic N) is 1. The van der Waals surface area contributed by atoms with Gasteiger partial charge in [0.25, 0.3) is 0 Å². The molecule has 1 fully saturated rings. The molecule has 0 aliphatic carbocycles. The number of fused-ring (bicyclic) bond motifs is 1. The second-order valence-electron chi connectivity index (χ2n) is 4.87. The highest BCUT2D eigenvalue weighted by Gasteiger charge is 2.21. The topological polar surface area (TPSA) is 33.7 Å². The molecule has 2 aliphatic rings. The van der Waals surface area contributed by atoms with Gasteiger partial charge in [-0.3, -0.25) is 0 Å². The summed E-state index contributed by atoms with van der Waals surface area (Å²) in [7, 11) is 2.15. The summed E-state index contributed by atoms with van der Waals surface area (Å²) in [5, 5.41) is 3.57. The molecule has 1 unspecified atom stereocenters. The van der Waals surface area contributed by atoms with E-state index in [2.05, 4.69) is 33.2 Å². The quantitative estimate of drug-likeness (QED) is 0.909. The van der Waals surface area contributed by atoms with E-state index in [1.54, 1.807) is 0 Å². The molecule has 1 aromatic rings. The van der Waals surface area contributed by atoms with Crippen LogP contribution >= 0.6 is 15.9 Å². The van der Waals surface area contributed by atoms with Crippen molar-refractivity contribution < 1.29 is 9.47 Å². The van der Waals surface area contributed by atoms with E-state index >= 15 is 0 Å². The van der Waals surface area contributed by atoms with E-state index in [9.17, 15) is 0 Å². The monoisotopic (exact) mass is 312 g/mol. The number of benzene rings is 1. The Labute approximate surface area is 115 Å². The molecule has 0 bridgehead atoms. The van der Waals surface area contributed by atoms with E-state index in [4.69, 9.17) is 9.47 Å². The minimum atomic E-state index is 0.508. The number of halogens is 1. The van der Waals surface area contributed by atoms with Gasteiger partial charge < -0.3 is 19.7 Å². The molecule has 3 rings (SSSR count). The zero-order valence-corrected chi connectivity index (χ0v) is 12.0. The molecule has 1 saturated heterocycles. The largest absolute Gasteiger partial charge is 0.486 e. The highest BCUT2D eigenvalue weighted by Crippen LogP contribution is 2.38. The fourth-order valence-corrected chi connectivity index (χ4v) is 2.88. The number of anilines is 1. The number of likely N-dealkylation sites (tertiary alicyclic amines) is 1. The van der Waals surface area contributed by atoms with E-state index in [1.807, 2.05) is 12.1 Å². The molecule has 5 heteroatoms. The zero-order valence-electron chi connectivity index (χ0n) is 10.4. The maximum atomic E-state index is 5.61. The lowest BCUT2D eigenvalue weighted by molar-refractivity contribution is 0.171. The van der Waals surface area contributed by atoms with E-state index in [-0.39, 0.29) is 0 Å². The minimum absolute atomic E-state index is 0.508. The van der Waals surface area contributed by atoms with Gasteiger partial charge in [0.15, 0.2) is 11.5 Å². The molecule has 1 N–H and O–H groups in total. The van der Waals surface area contributed by atoms with Crippen molar-refractivity contribution in [1.82, 2.24) is 4.90 Å². The van der Waals surface area contributed by atoms with Crippen molar-refractivity contribution in [3.8, 4) is 11.5 Å². The van der Waals surface area contributed by atoms with Gasteiger partial charge in [0.1, 0.15) is 13.2 Å². The molecule has 0 saturated carbocycles. The molecule has 1 aromatic carbocycles. The highest BCUT2D eigenvalue weighted by atomic mass is 79.9. The third-order valence-corrected chi connectivity index (χ3v) is 4.04. The zero-order chi connectivity index (χ0) is 12.5. The summed E-state index contributed by atoms with van der Waals surface area (Å²) in [6, 6.07) is 4.51. The predicted octanol–water partition coefficient (Wildman–Crippen LogP) is 2.34. The first-order chi connectivity index (χ1) is 8.72. The van der Waals surface area contributed by atoms with Crippen molar-refractivity contribution >= 4 is 21.6 Å².